The zero-order chi connectivity index (χ0) is 19.8. The first kappa shape index (κ1) is 19.5. The minimum absolute atomic E-state index is 0.321. The molecule has 0 bridgehead atoms. The van der Waals surface area contributed by atoms with Crippen LogP contribution in [0.1, 0.15) is 33.5 Å². The Morgan fingerprint density at radius 3 is 2.36 bits per heavy atom. The standard InChI is InChI=1S/C24H25NO3/c1-25-22-14-15-23(28-17-19-6-3-2-4-7-19)21(16-22)9-5-8-18-10-12-20(13-11-18)24(26)27/h2-4,6-7,10-16,25H,5,8-9,17H2,1H3,(H,26,27). The van der Waals surface area contributed by atoms with Crippen molar-refractivity contribution in [1.82, 2.24) is 0 Å². The van der Waals surface area contributed by atoms with Gasteiger partial charge in [-0.1, -0.05) is 42.5 Å². The van der Waals surface area contributed by atoms with E-state index in [1.807, 2.05) is 49.5 Å². The van der Waals surface area contributed by atoms with Gasteiger partial charge in [0.15, 0.2) is 0 Å². The maximum atomic E-state index is 11.0. The number of rotatable bonds is 9. The molecule has 0 saturated heterocycles. The van der Waals surface area contributed by atoms with Crippen LogP contribution in [0.15, 0.2) is 72.8 Å². The van der Waals surface area contributed by atoms with Gasteiger partial charge in [-0.15, -0.1) is 0 Å². The Balaban J connectivity index is 1.63. The van der Waals surface area contributed by atoms with Gasteiger partial charge in [0.2, 0.25) is 0 Å². The first-order chi connectivity index (χ1) is 13.7. The number of hydrogen-bond acceptors (Lipinski definition) is 3. The van der Waals surface area contributed by atoms with Crippen LogP contribution in [0.25, 0.3) is 0 Å². The van der Waals surface area contributed by atoms with Crippen molar-refractivity contribution in [3.05, 3.63) is 95.1 Å². The Labute approximate surface area is 165 Å². The summed E-state index contributed by atoms with van der Waals surface area (Å²) in [4.78, 5) is 11.0. The molecule has 0 atom stereocenters. The Morgan fingerprint density at radius 1 is 0.929 bits per heavy atom. The van der Waals surface area contributed by atoms with E-state index in [2.05, 4.69) is 23.5 Å². The molecule has 3 aromatic rings. The van der Waals surface area contributed by atoms with E-state index in [-0.39, 0.29) is 0 Å². The highest BCUT2D eigenvalue weighted by Crippen LogP contribution is 2.25. The molecule has 0 aliphatic carbocycles. The molecule has 0 spiro atoms. The number of ether oxygens (including phenoxy) is 1. The molecular formula is C24H25NO3. The number of aryl methyl sites for hydroxylation is 2. The summed E-state index contributed by atoms with van der Waals surface area (Å²) in [6.07, 6.45) is 2.74. The quantitative estimate of drug-likeness (QED) is 0.541. The van der Waals surface area contributed by atoms with E-state index in [4.69, 9.17) is 9.84 Å². The molecule has 28 heavy (non-hydrogen) atoms. The van der Waals surface area contributed by atoms with Crippen LogP contribution in [0.3, 0.4) is 0 Å². The van der Waals surface area contributed by atoms with Crippen molar-refractivity contribution in [3.8, 4) is 5.75 Å². The van der Waals surface area contributed by atoms with E-state index < -0.39 is 5.97 Å². The molecule has 4 nitrogen and oxygen atoms in total. The van der Waals surface area contributed by atoms with Crippen LogP contribution >= 0.6 is 0 Å². The molecule has 0 fully saturated rings. The third kappa shape index (κ3) is 5.36. The first-order valence-corrected chi connectivity index (χ1v) is 9.45. The largest absolute Gasteiger partial charge is 0.489 e. The predicted octanol–water partition coefficient (Wildman–Crippen LogP) is 5.18. The lowest BCUT2D eigenvalue weighted by Gasteiger charge is -2.14. The second kappa shape index (κ2) is 9.60. The van der Waals surface area contributed by atoms with Crippen LogP contribution < -0.4 is 10.1 Å². The van der Waals surface area contributed by atoms with Gasteiger partial charge in [-0.05, 0) is 66.3 Å². The van der Waals surface area contributed by atoms with Gasteiger partial charge in [-0.3, -0.25) is 0 Å². The van der Waals surface area contributed by atoms with E-state index in [9.17, 15) is 4.79 Å². The fourth-order valence-electron chi connectivity index (χ4n) is 3.10. The first-order valence-electron chi connectivity index (χ1n) is 9.45. The van der Waals surface area contributed by atoms with Crippen LogP contribution in [0.5, 0.6) is 5.75 Å². The summed E-state index contributed by atoms with van der Waals surface area (Å²) in [6.45, 7) is 0.545. The summed E-state index contributed by atoms with van der Waals surface area (Å²) in [5.41, 5.74) is 4.84. The summed E-state index contributed by atoms with van der Waals surface area (Å²) in [5.74, 6) is 0.0136. The van der Waals surface area contributed by atoms with Crippen LogP contribution in [0.2, 0.25) is 0 Å². The minimum atomic E-state index is -0.893. The molecule has 0 heterocycles. The Hall–Kier alpha value is -3.27. The molecular weight excluding hydrogens is 350 g/mol. The predicted molar refractivity (Wildman–Crippen MR) is 112 cm³/mol. The van der Waals surface area contributed by atoms with Gasteiger partial charge in [0.1, 0.15) is 12.4 Å². The summed E-state index contributed by atoms with van der Waals surface area (Å²) in [5, 5.41) is 12.2. The molecule has 3 aromatic carbocycles. The van der Waals surface area contributed by atoms with E-state index in [0.717, 1.165) is 41.8 Å². The number of benzene rings is 3. The van der Waals surface area contributed by atoms with E-state index in [0.29, 0.717) is 12.2 Å². The minimum Gasteiger partial charge on any atom is -0.489 e. The number of hydrogen-bond donors (Lipinski definition) is 2. The zero-order valence-corrected chi connectivity index (χ0v) is 16.0. The average molecular weight is 375 g/mol. The number of carboxylic acids is 1. The lowest BCUT2D eigenvalue weighted by atomic mass is 10.0. The highest BCUT2D eigenvalue weighted by atomic mass is 16.5. The molecule has 0 unspecified atom stereocenters. The van der Waals surface area contributed by atoms with Gasteiger partial charge in [-0.25, -0.2) is 4.79 Å². The number of carboxylic acid groups (broad SMARTS) is 1. The van der Waals surface area contributed by atoms with Crippen LogP contribution in [0, 0.1) is 0 Å². The highest BCUT2D eigenvalue weighted by Gasteiger charge is 2.07. The Kier molecular flexibility index (Phi) is 6.68. The smallest absolute Gasteiger partial charge is 0.335 e. The van der Waals surface area contributed by atoms with Crippen molar-refractivity contribution in [2.45, 2.75) is 25.9 Å². The molecule has 144 valence electrons. The van der Waals surface area contributed by atoms with Crippen molar-refractivity contribution in [2.75, 3.05) is 12.4 Å². The maximum Gasteiger partial charge on any atom is 0.335 e. The topological polar surface area (TPSA) is 58.6 Å². The van der Waals surface area contributed by atoms with Crippen LogP contribution in [0.4, 0.5) is 5.69 Å². The normalized spacial score (nSPS) is 10.5. The third-order valence-electron chi connectivity index (χ3n) is 4.70. The van der Waals surface area contributed by atoms with Gasteiger partial charge in [0.05, 0.1) is 5.56 Å². The summed E-state index contributed by atoms with van der Waals surface area (Å²) < 4.78 is 6.07. The maximum absolute atomic E-state index is 11.0. The second-order valence-electron chi connectivity index (χ2n) is 6.70. The molecule has 0 saturated carbocycles. The monoisotopic (exact) mass is 375 g/mol. The van der Waals surface area contributed by atoms with Gasteiger partial charge in [-0.2, -0.15) is 0 Å². The second-order valence-corrected chi connectivity index (χ2v) is 6.70. The van der Waals surface area contributed by atoms with Gasteiger partial charge in [0.25, 0.3) is 0 Å². The lowest BCUT2D eigenvalue weighted by Crippen LogP contribution is -2.01. The average Bonchev–Trinajstić information content (AvgIpc) is 2.74. The molecule has 4 heteroatoms. The van der Waals surface area contributed by atoms with Crippen molar-refractivity contribution in [3.63, 3.8) is 0 Å². The summed E-state index contributed by atoms with van der Waals surface area (Å²) in [6, 6.07) is 23.4. The number of anilines is 1. The Bertz CT molecular complexity index is 905. The number of aromatic carboxylic acids is 1. The summed E-state index contributed by atoms with van der Waals surface area (Å²) >= 11 is 0. The van der Waals surface area contributed by atoms with Crippen molar-refractivity contribution in [1.29, 1.82) is 0 Å². The fraction of sp³-hybridized carbons (Fsp3) is 0.208. The molecule has 2 N–H and O–H groups in total. The van der Waals surface area contributed by atoms with E-state index in [1.165, 1.54) is 5.56 Å². The van der Waals surface area contributed by atoms with Crippen LogP contribution in [-0.2, 0) is 19.4 Å². The third-order valence-corrected chi connectivity index (χ3v) is 4.70. The molecule has 0 radical (unpaired) electrons. The van der Waals surface area contributed by atoms with Gasteiger partial charge < -0.3 is 15.2 Å². The fourth-order valence-corrected chi connectivity index (χ4v) is 3.10. The Morgan fingerprint density at radius 2 is 1.68 bits per heavy atom. The molecule has 3 rings (SSSR count). The molecule has 0 aliphatic heterocycles. The van der Waals surface area contributed by atoms with Crippen molar-refractivity contribution >= 4 is 11.7 Å². The van der Waals surface area contributed by atoms with E-state index in [1.54, 1.807) is 12.1 Å². The van der Waals surface area contributed by atoms with Crippen LogP contribution in [-0.4, -0.2) is 18.1 Å². The highest BCUT2D eigenvalue weighted by molar-refractivity contribution is 5.87. The van der Waals surface area contributed by atoms with Crippen molar-refractivity contribution in [2.24, 2.45) is 0 Å². The number of nitrogens with one attached hydrogen (secondary N) is 1. The molecule has 0 aliphatic rings. The SMILES string of the molecule is CNc1ccc(OCc2ccccc2)c(CCCc2ccc(C(=O)O)cc2)c1. The molecule has 0 amide bonds. The zero-order valence-electron chi connectivity index (χ0n) is 16.0. The number of carbonyl (C=O) groups is 1. The summed E-state index contributed by atoms with van der Waals surface area (Å²) in [7, 11) is 1.91. The van der Waals surface area contributed by atoms with E-state index >= 15 is 0 Å². The van der Waals surface area contributed by atoms with Gasteiger partial charge in [0, 0.05) is 12.7 Å². The lowest BCUT2D eigenvalue weighted by molar-refractivity contribution is 0.0697. The van der Waals surface area contributed by atoms with Crippen molar-refractivity contribution < 1.29 is 14.6 Å². The molecule has 0 aromatic heterocycles. The van der Waals surface area contributed by atoms with Gasteiger partial charge >= 0.3 is 5.97 Å².